The number of nitrogens with zero attached hydrogens (tertiary/aromatic N) is 1. The minimum Gasteiger partial charge on any atom is -0.480 e. The van der Waals surface area contributed by atoms with Crippen LogP contribution in [0.15, 0.2) is 35.0 Å². The van der Waals surface area contributed by atoms with Crippen molar-refractivity contribution in [1.82, 2.24) is 4.90 Å². The van der Waals surface area contributed by atoms with Crippen molar-refractivity contribution >= 4 is 28.6 Å². The quantitative estimate of drug-likeness (QED) is 0.938. The Morgan fingerprint density at radius 1 is 1.26 bits per heavy atom. The molecule has 3 nitrogen and oxygen atoms in total. The van der Waals surface area contributed by atoms with Crippen LogP contribution in [0.5, 0.6) is 0 Å². The van der Waals surface area contributed by atoms with Gasteiger partial charge in [0.2, 0.25) is 0 Å². The Morgan fingerprint density at radius 3 is 2.37 bits per heavy atom. The van der Waals surface area contributed by atoms with E-state index >= 15 is 0 Å². The Bertz CT molecular complexity index is 502. The van der Waals surface area contributed by atoms with E-state index in [0.29, 0.717) is 0 Å². The molecule has 0 radical (unpaired) electrons. The normalized spacial score (nSPS) is 20.2. The zero-order valence-electron chi connectivity index (χ0n) is 10.4. The molecule has 2 aromatic rings. The summed E-state index contributed by atoms with van der Waals surface area (Å²) in [4.78, 5) is 16.0. The second kappa shape index (κ2) is 5.45. The molecule has 1 fully saturated rings. The number of rotatable bonds is 4. The van der Waals surface area contributed by atoms with E-state index in [1.54, 1.807) is 22.7 Å². The van der Waals surface area contributed by atoms with Crippen molar-refractivity contribution in [3.8, 4) is 0 Å². The van der Waals surface area contributed by atoms with Crippen LogP contribution in [-0.2, 0) is 4.79 Å². The first-order chi connectivity index (χ1) is 9.27. The first-order valence-corrected chi connectivity index (χ1v) is 8.08. The van der Waals surface area contributed by atoms with Crippen molar-refractivity contribution in [1.29, 1.82) is 0 Å². The summed E-state index contributed by atoms with van der Waals surface area (Å²) in [5, 5.41) is 13.5. The van der Waals surface area contributed by atoms with E-state index in [9.17, 15) is 9.90 Å². The molecule has 1 N–H and O–H groups in total. The number of aliphatic carboxylic acids is 1. The lowest BCUT2D eigenvalue weighted by atomic mass is 10.1. The Hall–Kier alpha value is -1.17. The lowest BCUT2D eigenvalue weighted by molar-refractivity contribution is -0.142. The topological polar surface area (TPSA) is 40.5 Å². The summed E-state index contributed by atoms with van der Waals surface area (Å²) in [6.45, 7) is 0.859. The smallest absolute Gasteiger partial charge is 0.320 e. The van der Waals surface area contributed by atoms with E-state index in [0.717, 1.165) is 19.4 Å². The zero-order valence-corrected chi connectivity index (χ0v) is 12.0. The van der Waals surface area contributed by atoms with Gasteiger partial charge in [-0.05, 0) is 35.7 Å². The van der Waals surface area contributed by atoms with E-state index in [4.69, 9.17) is 0 Å². The minimum atomic E-state index is -0.699. The van der Waals surface area contributed by atoms with Crippen molar-refractivity contribution < 1.29 is 9.90 Å². The molecule has 1 aliphatic heterocycles. The molecule has 0 aromatic carbocycles. The molecule has 1 saturated heterocycles. The van der Waals surface area contributed by atoms with Gasteiger partial charge in [0.1, 0.15) is 6.04 Å². The van der Waals surface area contributed by atoms with Crippen LogP contribution in [0, 0.1) is 0 Å². The fourth-order valence-corrected chi connectivity index (χ4v) is 4.52. The maximum absolute atomic E-state index is 11.4. The van der Waals surface area contributed by atoms with Crippen LogP contribution in [0.4, 0.5) is 0 Å². The molecule has 0 aliphatic carbocycles. The molecule has 1 aliphatic rings. The second-order valence-corrected chi connectivity index (χ2v) is 6.63. The predicted molar refractivity (Wildman–Crippen MR) is 77.8 cm³/mol. The maximum atomic E-state index is 11.4. The van der Waals surface area contributed by atoms with Gasteiger partial charge in [-0.25, -0.2) is 0 Å². The molecular formula is C14H15NO2S2. The number of carbonyl (C=O) groups is 1. The van der Waals surface area contributed by atoms with Crippen molar-refractivity contribution in [2.45, 2.75) is 24.9 Å². The van der Waals surface area contributed by atoms with E-state index in [1.807, 2.05) is 12.1 Å². The molecular weight excluding hydrogens is 278 g/mol. The number of carboxylic acid groups (broad SMARTS) is 1. The third kappa shape index (κ3) is 2.45. The van der Waals surface area contributed by atoms with E-state index in [-0.39, 0.29) is 12.1 Å². The van der Waals surface area contributed by atoms with Gasteiger partial charge in [-0.1, -0.05) is 12.1 Å². The fourth-order valence-electron chi connectivity index (χ4n) is 2.72. The van der Waals surface area contributed by atoms with Crippen LogP contribution >= 0.6 is 22.7 Å². The standard InChI is InChI=1S/C14H15NO2S2/c16-14(17)10-4-1-7-15(10)13(11-5-2-8-18-11)12-6-3-9-19-12/h2-3,5-6,8-10,13H,1,4,7H2,(H,16,17). The number of carboxylic acids is 1. The molecule has 3 heterocycles. The first kappa shape index (κ1) is 12.8. The van der Waals surface area contributed by atoms with Gasteiger partial charge in [-0.15, -0.1) is 22.7 Å². The Balaban J connectivity index is 1.98. The Morgan fingerprint density at radius 2 is 1.89 bits per heavy atom. The van der Waals surface area contributed by atoms with Crippen molar-refractivity contribution in [2.75, 3.05) is 6.54 Å². The third-order valence-corrected chi connectivity index (χ3v) is 5.39. The van der Waals surface area contributed by atoms with Crippen molar-refractivity contribution in [3.63, 3.8) is 0 Å². The van der Waals surface area contributed by atoms with Gasteiger partial charge >= 0.3 is 5.97 Å². The SMILES string of the molecule is O=C(O)C1CCCN1C(c1cccs1)c1cccs1. The number of likely N-dealkylation sites (tertiary alicyclic amines) is 1. The molecule has 3 rings (SSSR count). The van der Waals surface area contributed by atoms with Crippen LogP contribution < -0.4 is 0 Å². The molecule has 0 bridgehead atoms. The highest BCUT2D eigenvalue weighted by Crippen LogP contribution is 2.38. The largest absolute Gasteiger partial charge is 0.480 e. The molecule has 1 atom stereocenters. The molecule has 2 aromatic heterocycles. The summed E-state index contributed by atoms with van der Waals surface area (Å²) in [5.41, 5.74) is 0. The average Bonchev–Trinajstić information content (AvgIpc) is 3.12. The fraction of sp³-hybridized carbons (Fsp3) is 0.357. The van der Waals surface area contributed by atoms with Crippen LogP contribution in [0.1, 0.15) is 28.6 Å². The van der Waals surface area contributed by atoms with E-state index in [2.05, 4.69) is 27.8 Å². The molecule has 19 heavy (non-hydrogen) atoms. The van der Waals surface area contributed by atoms with Crippen LogP contribution in [0.25, 0.3) is 0 Å². The van der Waals surface area contributed by atoms with Gasteiger partial charge < -0.3 is 5.11 Å². The highest BCUT2D eigenvalue weighted by atomic mass is 32.1. The predicted octanol–water partition coefficient (Wildman–Crippen LogP) is 3.45. The minimum absolute atomic E-state index is 0.101. The van der Waals surface area contributed by atoms with Gasteiger partial charge in [-0.3, -0.25) is 9.69 Å². The molecule has 1 unspecified atom stereocenters. The number of hydrogen-bond donors (Lipinski definition) is 1. The summed E-state index contributed by atoms with van der Waals surface area (Å²) < 4.78 is 0. The molecule has 0 amide bonds. The third-order valence-electron chi connectivity index (χ3n) is 3.54. The van der Waals surface area contributed by atoms with Gasteiger partial charge in [0.15, 0.2) is 0 Å². The van der Waals surface area contributed by atoms with Gasteiger partial charge in [0.25, 0.3) is 0 Å². The van der Waals surface area contributed by atoms with Crippen LogP contribution in [0.2, 0.25) is 0 Å². The lowest BCUT2D eigenvalue weighted by Crippen LogP contribution is -2.38. The van der Waals surface area contributed by atoms with E-state index < -0.39 is 5.97 Å². The molecule has 100 valence electrons. The summed E-state index contributed by atoms with van der Waals surface area (Å²) >= 11 is 3.40. The lowest BCUT2D eigenvalue weighted by Gasteiger charge is -2.29. The van der Waals surface area contributed by atoms with Crippen LogP contribution in [0.3, 0.4) is 0 Å². The molecule has 5 heteroatoms. The van der Waals surface area contributed by atoms with Crippen molar-refractivity contribution in [2.24, 2.45) is 0 Å². The van der Waals surface area contributed by atoms with Crippen LogP contribution in [-0.4, -0.2) is 28.6 Å². The van der Waals surface area contributed by atoms with Gasteiger partial charge in [0.05, 0.1) is 6.04 Å². The van der Waals surface area contributed by atoms with Gasteiger partial charge in [-0.2, -0.15) is 0 Å². The molecule has 0 spiro atoms. The summed E-state index contributed by atoms with van der Waals surface area (Å²) in [6, 6.07) is 8.02. The Labute approximate surface area is 120 Å². The van der Waals surface area contributed by atoms with Crippen molar-refractivity contribution in [3.05, 3.63) is 44.8 Å². The summed E-state index contributed by atoms with van der Waals surface area (Å²) in [5.74, 6) is -0.699. The first-order valence-electron chi connectivity index (χ1n) is 6.32. The second-order valence-electron chi connectivity index (χ2n) is 4.67. The number of hydrogen-bond acceptors (Lipinski definition) is 4. The maximum Gasteiger partial charge on any atom is 0.320 e. The average molecular weight is 293 g/mol. The highest BCUT2D eigenvalue weighted by Gasteiger charge is 2.37. The molecule has 0 saturated carbocycles. The van der Waals surface area contributed by atoms with Gasteiger partial charge in [0, 0.05) is 16.3 Å². The summed E-state index contributed by atoms with van der Waals surface area (Å²) in [7, 11) is 0. The highest BCUT2D eigenvalue weighted by molar-refractivity contribution is 7.11. The number of thiophene rings is 2. The zero-order chi connectivity index (χ0) is 13.2. The summed E-state index contributed by atoms with van der Waals surface area (Å²) in [6.07, 6.45) is 1.72. The van der Waals surface area contributed by atoms with E-state index in [1.165, 1.54) is 9.75 Å². The monoisotopic (exact) mass is 293 g/mol. The Kier molecular flexibility index (Phi) is 3.68.